The van der Waals surface area contributed by atoms with Gasteiger partial charge in [0.2, 0.25) is 0 Å². The lowest BCUT2D eigenvalue weighted by Crippen LogP contribution is -2.51. The van der Waals surface area contributed by atoms with Gasteiger partial charge in [-0.3, -0.25) is 4.57 Å². The van der Waals surface area contributed by atoms with Crippen molar-refractivity contribution in [2.24, 2.45) is 10.7 Å². The molecule has 4 rings (SSSR count). The summed E-state index contributed by atoms with van der Waals surface area (Å²) in [7, 11) is 0. The number of nitrogens with zero attached hydrogens (tertiary/aromatic N) is 4. The van der Waals surface area contributed by atoms with E-state index < -0.39 is 31.1 Å². The van der Waals surface area contributed by atoms with Gasteiger partial charge in [-0.05, 0) is 18.6 Å². The molecule has 9 heteroatoms. The van der Waals surface area contributed by atoms with E-state index in [0.717, 1.165) is 18.5 Å². The number of hydrogen-bond donors (Lipinski definition) is 4. The molecule has 0 radical (unpaired) electrons. The van der Waals surface area contributed by atoms with Crippen molar-refractivity contribution in [2.75, 3.05) is 11.5 Å². The van der Waals surface area contributed by atoms with Crippen molar-refractivity contribution in [3.05, 3.63) is 47.5 Å². The number of aliphatic hydroxyl groups excluding tert-OH is 3. The number of imidazole rings is 1. The summed E-state index contributed by atoms with van der Waals surface area (Å²) >= 11 is 0. The van der Waals surface area contributed by atoms with Gasteiger partial charge >= 0.3 is 0 Å². The predicted molar refractivity (Wildman–Crippen MR) is 101 cm³/mol. The number of ether oxygens (including phenoxy) is 1. The maximum Gasteiger partial charge on any atom is 0.165 e. The maximum absolute atomic E-state index is 10.4. The van der Waals surface area contributed by atoms with Crippen molar-refractivity contribution in [3.8, 4) is 0 Å². The van der Waals surface area contributed by atoms with E-state index in [1.807, 2.05) is 35.2 Å². The van der Waals surface area contributed by atoms with Gasteiger partial charge in [0.05, 0.1) is 12.9 Å². The van der Waals surface area contributed by atoms with E-state index in [1.165, 1.54) is 6.33 Å². The summed E-state index contributed by atoms with van der Waals surface area (Å²) in [5, 5.41) is 30.3. The van der Waals surface area contributed by atoms with Crippen molar-refractivity contribution in [1.82, 2.24) is 9.55 Å². The molecule has 5 N–H and O–H groups in total. The molecule has 1 aromatic carbocycles. The number of aromatic nitrogens is 2. The molecular weight excluding hydrogens is 362 g/mol. The van der Waals surface area contributed by atoms with Gasteiger partial charge in [-0.15, -0.1) is 0 Å². The van der Waals surface area contributed by atoms with Crippen LogP contribution in [0.5, 0.6) is 0 Å². The minimum absolute atomic E-state index is 0.229. The molecule has 1 saturated heterocycles. The van der Waals surface area contributed by atoms with E-state index in [4.69, 9.17) is 15.5 Å². The lowest BCUT2D eigenvalue weighted by atomic mass is 10.1. The first kappa shape index (κ1) is 18.9. The van der Waals surface area contributed by atoms with Crippen LogP contribution >= 0.6 is 0 Å². The average Bonchev–Trinajstić information content (AvgIpc) is 3.24. The largest absolute Gasteiger partial charge is 0.394 e. The van der Waals surface area contributed by atoms with Crippen molar-refractivity contribution in [1.29, 1.82) is 0 Å². The Bertz CT molecular complexity index is 947. The van der Waals surface area contributed by atoms with Crippen LogP contribution in [0.25, 0.3) is 5.82 Å². The number of anilines is 1. The van der Waals surface area contributed by atoms with Crippen molar-refractivity contribution >= 4 is 11.5 Å². The average molecular weight is 387 g/mol. The number of para-hydroxylation sites is 1. The molecule has 9 nitrogen and oxygen atoms in total. The molecule has 0 aliphatic carbocycles. The molecule has 2 aliphatic heterocycles. The van der Waals surface area contributed by atoms with Crippen LogP contribution in [0.3, 0.4) is 0 Å². The number of rotatable bonds is 5. The zero-order valence-electron chi connectivity index (χ0n) is 15.6. The topological polar surface area (TPSA) is 129 Å². The maximum atomic E-state index is 10.4. The number of aliphatic hydroxyl groups is 3. The SMILES string of the molecule is CCCC1N=c2c(ncn2[C@@H]2O[C@H](CO)[C@@H](O)[C@H]2O)=C(N)N1c1ccccc1. The summed E-state index contributed by atoms with van der Waals surface area (Å²) in [6.45, 7) is 1.69. The molecule has 150 valence electrons. The van der Waals surface area contributed by atoms with E-state index in [0.29, 0.717) is 16.7 Å². The minimum Gasteiger partial charge on any atom is -0.394 e. The van der Waals surface area contributed by atoms with Crippen molar-refractivity contribution < 1.29 is 20.1 Å². The Morgan fingerprint density at radius 3 is 2.57 bits per heavy atom. The van der Waals surface area contributed by atoms with E-state index in [2.05, 4.69) is 11.9 Å². The molecule has 3 heterocycles. The molecule has 1 fully saturated rings. The standard InChI is InChI=1S/C19H25N5O4/c1-2-6-13-22-18-14(17(20)24(13)11-7-4-3-5-8-11)21-10-23(18)19-16(27)15(26)12(9-25)28-19/h3-5,7-8,10,12-13,15-16,19,25-27H,2,6,9,20H2,1H3/t12-,13?,15-,16-,19-/m1/s1. The highest BCUT2D eigenvalue weighted by molar-refractivity contribution is 5.67. The fourth-order valence-electron chi connectivity index (χ4n) is 3.78. The summed E-state index contributed by atoms with van der Waals surface area (Å²) in [4.78, 5) is 11.2. The third-order valence-electron chi connectivity index (χ3n) is 5.21. The molecule has 0 amide bonds. The Balaban J connectivity index is 1.81. The van der Waals surface area contributed by atoms with Crippen LogP contribution in [0.4, 0.5) is 5.69 Å². The summed E-state index contributed by atoms with van der Waals surface area (Å²) in [6, 6.07) is 9.77. The Hall–Kier alpha value is -2.46. The van der Waals surface area contributed by atoms with Crippen molar-refractivity contribution in [3.63, 3.8) is 0 Å². The minimum atomic E-state index is -1.20. The molecule has 1 unspecified atom stereocenters. The van der Waals surface area contributed by atoms with Gasteiger partial charge in [-0.25, -0.2) is 9.98 Å². The Kier molecular flexibility index (Phi) is 5.07. The quantitative estimate of drug-likeness (QED) is 0.506. The fourth-order valence-corrected chi connectivity index (χ4v) is 3.78. The van der Waals surface area contributed by atoms with Crippen LogP contribution in [-0.4, -0.2) is 56.0 Å². The van der Waals surface area contributed by atoms with Crippen molar-refractivity contribution in [2.45, 2.75) is 50.5 Å². The first-order chi connectivity index (χ1) is 13.6. The molecule has 5 atom stereocenters. The van der Waals surface area contributed by atoms with Gasteiger partial charge in [0, 0.05) is 5.69 Å². The number of benzene rings is 1. The summed E-state index contributed by atoms with van der Waals surface area (Å²) in [5.41, 5.74) is 7.91. The van der Waals surface area contributed by atoms with Crippen LogP contribution in [0.1, 0.15) is 26.0 Å². The Morgan fingerprint density at radius 2 is 1.93 bits per heavy atom. The van der Waals surface area contributed by atoms with Crippen LogP contribution in [0, 0.1) is 0 Å². The zero-order valence-corrected chi connectivity index (χ0v) is 15.6. The van der Waals surface area contributed by atoms with Crippen LogP contribution in [-0.2, 0) is 4.74 Å². The van der Waals surface area contributed by atoms with Gasteiger partial charge < -0.3 is 30.7 Å². The second kappa shape index (κ2) is 7.51. The van der Waals surface area contributed by atoms with E-state index >= 15 is 0 Å². The second-order valence-electron chi connectivity index (χ2n) is 7.04. The lowest BCUT2D eigenvalue weighted by molar-refractivity contribution is -0.0546. The molecule has 0 spiro atoms. The third kappa shape index (κ3) is 2.96. The monoisotopic (exact) mass is 387 g/mol. The van der Waals surface area contributed by atoms with Gasteiger partial charge in [-0.2, -0.15) is 0 Å². The number of hydrogen-bond acceptors (Lipinski definition) is 8. The molecular formula is C19H25N5O4. The predicted octanol–water partition coefficient (Wildman–Crippen LogP) is -1.21. The van der Waals surface area contributed by atoms with Gasteiger partial charge in [0.25, 0.3) is 0 Å². The normalized spacial score (nSPS) is 29.6. The Morgan fingerprint density at radius 1 is 1.18 bits per heavy atom. The van der Waals surface area contributed by atoms with E-state index in [-0.39, 0.29) is 6.17 Å². The Labute approximate surface area is 162 Å². The second-order valence-corrected chi connectivity index (χ2v) is 7.04. The molecule has 2 aromatic rings. The highest BCUT2D eigenvalue weighted by Gasteiger charge is 2.44. The fraction of sp³-hybridized carbons (Fsp3) is 0.474. The zero-order chi connectivity index (χ0) is 19.8. The first-order valence-corrected chi connectivity index (χ1v) is 9.44. The van der Waals surface area contributed by atoms with Gasteiger partial charge in [0.1, 0.15) is 35.6 Å². The van der Waals surface area contributed by atoms with E-state index in [9.17, 15) is 15.3 Å². The van der Waals surface area contributed by atoms with Gasteiger partial charge in [-0.1, -0.05) is 31.5 Å². The highest BCUT2D eigenvalue weighted by atomic mass is 16.6. The van der Waals surface area contributed by atoms with Gasteiger partial charge in [0.15, 0.2) is 11.7 Å². The first-order valence-electron chi connectivity index (χ1n) is 9.44. The summed E-state index contributed by atoms with van der Waals surface area (Å²) in [6.07, 6.45) is -1.21. The molecule has 28 heavy (non-hydrogen) atoms. The summed E-state index contributed by atoms with van der Waals surface area (Å²) < 4.78 is 7.22. The van der Waals surface area contributed by atoms with Crippen LogP contribution < -0.4 is 21.5 Å². The lowest BCUT2D eigenvalue weighted by Gasteiger charge is -2.32. The highest BCUT2D eigenvalue weighted by Crippen LogP contribution is 2.28. The van der Waals surface area contributed by atoms with Crippen LogP contribution in [0.2, 0.25) is 0 Å². The molecule has 2 aliphatic rings. The third-order valence-corrected chi connectivity index (χ3v) is 5.21. The summed E-state index contributed by atoms with van der Waals surface area (Å²) in [5.74, 6) is 0.472. The number of fused-ring (bicyclic) bond motifs is 1. The smallest absolute Gasteiger partial charge is 0.165 e. The molecule has 0 bridgehead atoms. The number of nitrogens with two attached hydrogens (primary N) is 1. The van der Waals surface area contributed by atoms with E-state index in [1.54, 1.807) is 4.57 Å². The molecule has 1 aromatic heterocycles. The van der Waals surface area contributed by atoms with Crippen LogP contribution in [0.15, 0.2) is 41.7 Å². The molecule has 0 saturated carbocycles.